The highest BCUT2D eigenvalue weighted by Gasteiger charge is 2.26. The van der Waals surface area contributed by atoms with Gasteiger partial charge in [-0.2, -0.15) is 0 Å². The van der Waals surface area contributed by atoms with Crippen LogP contribution >= 0.6 is 30.1 Å². The number of halogens is 1. The lowest BCUT2D eigenvalue weighted by atomic mass is 9.98. The molecule has 0 spiro atoms. The molecule has 0 aromatic rings. The highest BCUT2D eigenvalue weighted by atomic mass is 127. The van der Waals surface area contributed by atoms with Gasteiger partial charge in [-0.15, -0.1) is 0 Å². The highest BCUT2D eigenvalue weighted by Crippen LogP contribution is 2.18. The number of carbonyl (C=O) groups is 1. The van der Waals surface area contributed by atoms with Gasteiger partial charge in [-0.05, 0) is 48.5 Å². The maximum atomic E-state index is 12.0. The van der Waals surface area contributed by atoms with Gasteiger partial charge in [0.1, 0.15) is 0 Å². The summed E-state index contributed by atoms with van der Waals surface area (Å²) in [7, 11) is 3.83. The third-order valence-electron chi connectivity index (χ3n) is 2.67. The number of ketones is 1. The van der Waals surface area contributed by atoms with Gasteiger partial charge in [-0.1, -0.05) is 22.8 Å². The number of rotatable bonds is 7. The lowest BCUT2D eigenvalue weighted by molar-refractivity contribution is -0.127. The summed E-state index contributed by atoms with van der Waals surface area (Å²) in [6.45, 7) is 8.25. The molecule has 0 aromatic carbocycles. The number of hydrogen-bond donors (Lipinski definition) is 0. The van der Waals surface area contributed by atoms with Gasteiger partial charge >= 0.3 is 0 Å². The number of carbonyl (C=O) groups excluding carboxylic acids is 1. The van der Waals surface area contributed by atoms with Crippen molar-refractivity contribution < 1.29 is 4.79 Å². The fraction of sp³-hybridized carbons (Fsp3) is 0.909. The second-order valence-corrected chi connectivity index (χ2v) is 6.93. The second-order valence-electron chi connectivity index (χ2n) is 4.43. The summed E-state index contributed by atoms with van der Waals surface area (Å²) in [5, 5.41) is 0. The molecule has 0 saturated heterocycles. The van der Waals surface area contributed by atoms with Gasteiger partial charge in [0.15, 0.2) is 5.78 Å². The molecule has 0 unspecified atom stereocenters. The molecule has 1 atom stereocenters. The first kappa shape index (κ1) is 15.7. The molecule has 15 heavy (non-hydrogen) atoms. The van der Waals surface area contributed by atoms with E-state index in [9.17, 15) is 4.79 Å². The fourth-order valence-electron chi connectivity index (χ4n) is 1.45. The lowest BCUT2D eigenvalue weighted by Crippen LogP contribution is -2.44. The minimum absolute atomic E-state index is 0.0901. The van der Waals surface area contributed by atoms with Crippen LogP contribution in [0.3, 0.4) is 0 Å². The molecule has 4 heteroatoms. The van der Waals surface area contributed by atoms with Crippen molar-refractivity contribution in [3.8, 4) is 0 Å². The van der Waals surface area contributed by atoms with Gasteiger partial charge in [0.2, 0.25) is 0 Å². The molecule has 0 N–H and O–H groups in total. The molecule has 0 fully saturated rings. The Morgan fingerprint density at radius 1 is 1.33 bits per heavy atom. The molecule has 2 nitrogen and oxygen atoms in total. The topological polar surface area (TPSA) is 20.3 Å². The predicted molar refractivity (Wildman–Crippen MR) is 77.6 cm³/mol. The molecule has 0 aliphatic rings. The van der Waals surface area contributed by atoms with E-state index in [0.717, 1.165) is 12.2 Å². The van der Waals surface area contributed by atoms with E-state index >= 15 is 0 Å². The molecule has 0 radical (unpaired) electrons. The van der Waals surface area contributed by atoms with Crippen molar-refractivity contribution in [3.63, 3.8) is 0 Å². The largest absolute Gasteiger partial charge is 0.298 e. The van der Waals surface area contributed by atoms with E-state index in [1.165, 1.54) is 0 Å². The summed E-state index contributed by atoms with van der Waals surface area (Å²) in [6.07, 6.45) is 0.958. The second kappa shape index (κ2) is 7.90. The summed E-state index contributed by atoms with van der Waals surface area (Å²) < 4.78 is 0. The monoisotopic (exact) mass is 343 g/mol. The molecule has 0 aliphatic heterocycles. The van der Waals surface area contributed by atoms with Gasteiger partial charge < -0.3 is 0 Å². The first-order valence-corrected chi connectivity index (χ1v) is 8.93. The molecule has 0 rings (SSSR count). The van der Waals surface area contributed by atoms with Crippen molar-refractivity contribution in [1.29, 1.82) is 0 Å². The first-order valence-electron chi connectivity index (χ1n) is 5.41. The van der Waals surface area contributed by atoms with Crippen LogP contribution in [0.5, 0.6) is 0 Å². The molecule has 0 aliphatic carbocycles. The standard InChI is InChI=1S/C11H22INOS/c1-8(2)11(14)10(6-7-15-12)13(5)9(3)4/h8-10H,6-7H2,1-5H3/t10-/m0/s1. The third-order valence-corrected chi connectivity index (χ3v) is 4.38. The van der Waals surface area contributed by atoms with Crippen LogP contribution in [0, 0.1) is 5.92 Å². The Bertz CT molecular complexity index is 197. The number of Topliss-reactive ketones (excluding diaryl/α,β-unsaturated/α-hetero) is 1. The number of likely N-dealkylation sites (N-methyl/N-ethyl adjacent to an activating group) is 1. The summed E-state index contributed by atoms with van der Waals surface area (Å²) in [4.78, 5) is 14.2. The summed E-state index contributed by atoms with van der Waals surface area (Å²) >= 11 is 2.29. The van der Waals surface area contributed by atoms with Gasteiger partial charge in [0.25, 0.3) is 0 Å². The van der Waals surface area contributed by atoms with Crippen LogP contribution in [0.25, 0.3) is 0 Å². The van der Waals surface area contributed by atoms with Crippen LogP contribution in [-0.4, -0.2) is 35.6 Å². The molecule has 0 saturated carbocycles. The summed E-state index contributed by atoms with van der Waals surface area (Å²) in [6, 6.07) is 0.518. The number of nitrogens with zero attached hydrogens (tertiary/aromatic N) is 1. The van der Waals surface area contributed by atoms with E-state index < -0.39 is 0 Å². The van der Waals surface area contributed by atoms with Crippen LogP contribution < -0.4 is 0 Å². The zero-order chi connectivity index (χ0) is 12.0. The van der Waals surface area contributed by atoms with Crippen LogP contribution in [-0.2, 0) is 4.79 Å². The predicted octanol–water partition coefficient (Wildman–Crippen LogP) is 3.39. The van der Waals surface area contributed by atoms with E-state index in [0.29, 0.717) is 11.8 Å². The fourth-order valence-corrected chi connectivity index (χ4v) is 2.52. The van der Waals surface area contributed by atoms with E-state index in [-0.39, 0.29) is 12.0 Å². The van der Waals surface area contributed by atoms with Crippen LogP contribution in [0.15, 0.2) is 0 Å². The van der Waals surface area contributed by atoms with E-state index in [4.69, 9.17) is 0 Å². The molecule has 0 amide bonds. The van der Waals surface area contributed by atoms with Crippen molar-refractivity contribution in [2.45, 2.75) is 46.2 Å². The van der Waals surface area contributed by atoms with Crippen molar-refractivity contribution in [2.75, 3.05) is 12.8 Å². The molecule has 90 valence electrons. The van der Waals surface area contributed by atoms with Gasteiger partial charge in [0, 0.05) is 17.7 Å². The van der Waals surface area contributed by atoms with Crippen molar-refractivity contribution >= 4 is 35.9 Å². The first-order chi connectivity index (χ1) is 6.91. The molecule has 0 aromatic heterocycles. The van der Waals surface area contributed by atoms with E-state index in [1.807, 2.05) is 20.9 Å². The van der Waals surface area contributed by atoms with Gasteiger partial charge in [-0.25, -0.2) is 0 Å². The average Bonchev–Trinajstić information content (AvgIpc) is 2.17. The Morgan fingerprint density at radius 2 is 1.87 bits per heavy atom. The Morgan fingerprint density at radius 3 is 2.20 bits per heavy atom. The maximum Gasteiger partial charge on any atom is 0.152 e. The zero-order valence-corrected chi connectivity index (χ0v) is 13.3. The van der Waals surface area contributed by atoms with E-state index in [1.54, 1.807) is 8.93 Å². The lowest BCUT2D eigenvalue weighted by Gasteiger charge is -2.31. The van der Waals surface area contributed by atoms with Crippen molar-refractivity contribution in [2.24, 2.45) is 5.92 Å². The van der Waals surface area contributed by atoms with Crippen LogP contribution in [0.2, 0.25) is 0 Å². The van der Waals surface area contributed by atoms with Crippen molar-refractivity contribution in [1.82, 2.24) is 4.90 Å². The van der Waals surface area contributed by atoms with Crippen LogP contribution in [0.1, 0.15) is 34.1 Å². The molecular formula is C11H22INOS. The summed E-state index contributed by atoms with van der Waals surface area (Å²) in [5.41, 5.74) is 0. The van der Waals surface area contributed by atoms with Crippen molar-refractivity contribution in [3.05, 3.63) is 0 Å². The highest BCUT2D eigenvalue weighted by molar-refractivity contribution is 14.2. The molecule has 0 bridgehead atoms. The van der Waals surface area contributed by atoms with Crippen LogP contribution in [0.4, 0.5) is 0 Å². The Kier molecular flexibility index (Phi) is 8.27. The van der Waals surface area contributed by atoms with Gasteiger partial charge in [-0.3, -0.25) is 9.69 Å². The zero-order valence-electron chi connectivity index (χ0n) is 10.3. The Hall–Kier alpha value is 0.710. The number of hydrogen-bond acceptors (Lipinski definition) is 3. The average molecular weight is 343 g/mol. The van der Waals surface area contributed by atoms with E-state index in [2.05, 4.69) is 40.0 Å². The van der Waals surface area contributed by atoms with Gasteiger partial charge in [0.05, 0.1) is 6.04 Å². The minimum atomic E-state index is 0.0901. The normalized spacial score (nSPS) is 13.9. The Labute approximate surface area is 110 Å². The molecule has 0 heterocycles. The maximum absolute atomic E-state index is 12.0. The smallest absolute Gasteiger partial charge is 0.152 e. The summed E-state index contributed by atoms with van der Waals surface area (Å²) in [5.74, 6) is 1.55. The Balaban J connectivity index is 4.49. The SMILES string of the molecule is CC(C)C(=O)[C@H](CCSI)N(C)C(C)C. The third kappa shape index (κ3) is 5.54. The quantitative estimate of drug-likeness (QED) is 0.661. The molecular weight excluding hydrogens is 321 g/mol. The minimum Gasteiger partial charge on any atom is -0.298 e.